The highest BCUT2D eigenvalue weighted by molar-refractivity contribution is 5.98. The van der Waals surface area contributed by atoms with Crippen molar-refractivity contribution in [3.63, 3.8) is 0 Å². The standard InChI is InChI=1S/C9H11N3O2/c13-7-2-1-6-4(7)3-5-8(10-6)11-12-9(5)14/h1-2,4-6,9,12,14H,3H2,(H,10,11). The minimum Gasteiger partial charge on any atom is -0.376 e. The number of ketones is 1. The Kier molecular flexibility index (Phi) is 1.54. The van der Waals surface area contributed by atoms with Crippen LogP contribution in [0.2, 0.25) is 0 Å². The molecule has 0 radical (unpaired) electrons. The molecule has 0 amide bonds. The smallest absolute Gasteiger partial charge is 0.161 e. The van der Waals surface area contributed by atoms with Gasteiger partial charge in [0.15, 0.2) is 5.78 Å². The summed E-state index contributed by atoms with van der Waals surface area (Å²) in [7, 11) is 0. The number of hydrogen-bond donors (Lipinski definition) is 3. The van der Waals surface area contributed by atoms with E-state index in [4.69, 9.17) is 0 Å². The van der Waals surface area contributed by atoms with Gasteiger partial charge in [0, 0.05) is 5.92 Å². The number of nitrogens with one attached hydrogen (secondary N) is 2. The molecule has 0 bridgehead atoms. The van der Waals surface area contributed by atoms with Crippen LogP contribution in [0.4, 0.5) is 0 Å². The van der Waals surface area contributed by atoms with E-state index in [2.05, 4.69) is 15.8 Å². The molecule has 1 aliphatic carbocycles. The first-order chi connectivity index (χ1) is 6.75. The highest BCUT2D eigenvalue weighted by atomic mass is 16.3. The lowest BCUT2D eigenvalue weighted by Gasteiger charge is -2.25. The minimum absolute atomic E-state index is 0.0200. The van der Waals surface area contributed by atoms with Crippen LogP contribution < -0.4 is 10.9 Å². The summed E-state index contributed by atoms with van der Waals surface area (Å²) in [5.41, 5.74) is 5.55. The first-order valence-electron chi connectivity index (χ1n) is 4.75. The van der Waals surface area contributed by atoms with Crippen LogP contribution in [0.5, 0.6) is 0 Å². The van der Waals surface area contributed by atoms with Gasteiger partial charge in [0.1, 0.15) is 12.1 Å². The summed E-state index contributed by atoms with van der Waals surface area (Å²) in [5.74, 6) is 0.801. The molecule has 14 heavy (non-hydrogen) atoms. The van der Waals surface area contributed by atoms with Crippen molar-refractivity contribution in [1.82, 2.24) is 10.9 Å². The Morgan fingerprint density at radius 2 is 2.36 bits per heavy atom. The van der Waals surface area contributed by atoms with Crippen LogP contribution in [0.25, 0.3) is 0 Å². The Labute approximate surface area is 80.9 Å². The fourth-order valence-electron chi connectivity index (χ4n) is 2.30. The summed E-state index contributed by atoms with van der Waals surface area (Å²) < 4.78 is 0. The molecule has 74 valence electrons. The molecule has 3 rings (SSSR count). The predicted molar refractivity (Wildman–Crippen MR) is 49.2 cm³/mol. The van der Waals surface area contributed by atoms with E-state index < -0.39 is 6.23 Å². The minimum atomic E-state index is -0.622. The Hall–Kier alpha value is -1.20. The van der Waals surface area contributed by atoms with Gasteiger partial charge in [-0.1, -0.05) is 6.08 Å². The van der Waals surface area contributed by atoms with Crippen molar-refractivity contribution in [2.75, 3.05) is 0 Å². The SMILES string of the molecule is O=C1C=CC2N=C3NNC(O)C3CC12. The van der Waals surface area contributed by atoms with E-state index in [-0.39, 0.29) is 23.7 Å². The number of nitrogens with zero attached hydrogens (tertiary/aromatic N) is 1. The third kappa shape index (κ3) is 0.964. The molecule has 3 aliphatic rings. The Bertz CT molecular complexity index is 350. The second-order valence-electron chi connectivity index (χ2n) is 3.93. The van der Waals surface area contributed by atoms with Crippen LogP contribution in [0.15, 0.2) is 17.1 Å². The molecule has 1 saturated heterocycles. The van der Waals surface area contributed by atoms with Crippen LogP contribution in [0.1, 0.15) is 6.42 Å². The number of aliphatic imine (C=N–C) groups is 1. The van der Waals surface area contributed by atoms with Crippen molar-refractivity contribution in [2.45, 2.75) is 18.7 Å². The quantitative estimate of drug-likeness (QED) is 0.459. The first-order valence-corrected chi connectivity index (χ1v) is 4.75. The van der Waals surface area contributed by atoms with Gasteiger partial charge in [0.2, 0.25) is 0 Å². The van der Waals surface area contributed by atoms with Gasteiger partial charge in [-0.15, -0.1) is 0 Å². The average molecular weight is 193 g/mol. The topological polar surface area (TPSA) is 73.7 Å². The number of fused-ring (bicyclic) bond motifs is 2. The summed E-state index contributed by atoms with van der Waals surface area (Å²) in [6.45, 7) is 0. The Morgan fingerprint density at radius 3 is 3.21 bits per heavy atom. The molecular formula is C9H11N3O2. The zero-order valence-corrected chi connectivity index (χ0v) is 7.47. The number of hydrazine groups is 1. The number of rotatable bonds is 0. The lowest BCUT2D eigenvalue weighted by Crippen LogP contribution is -2.36. The second kappa shape index (κ2) is 2.65. The molecule has 0 saturated carbocycles. The molecule has 3 N–H and O–H groups in total. The lowest BCUT2D eigenvalue weighted by molar-refractivity contribution is -0.118. The van der Waals surface area contributed by atoms with Crippen molar-refractivity contribution in [1.29, 1.82) is 0 Å². The van der Waals surface area contributed by atoms with Crippen molar-refractivity contribution < 1.29 is 9.90 Å². The number of hydrogen-bond acceptors (Lipinski definition) is 5. The largest absolute Gasteiger partial charge is 0.376 e. The number of amidine groups is 1. The summed E-state index contributed by atoms with van der Waals surface area (Å²) in [5, 5.41) is 9.54. The maximum absolute atomic E-state index is 11.4. The Morgan fingerprint density at radius 1 is 1.50 bits per heavy atom. The van der Waals surface area contributed by atoms with Crippen LogP contribution >= 0.6 is 0 Å². The highest BCUT2D eigenvalue weighted by Gasteiger charge is 2.43. The molecule has 0 aromatic carbocycles. The maximum Gasteiger partial charge on any atom is 0.161 e. The molecule has 4 atom stereocenters. The monoisotopic (exact) mass is 193 g/mol. The van der Waals surface area contributed by atoms with Crippen LogP contribution in [-0.2, 0) is 4.79 Å². The molecule has 0 spiro atoms. The van der Waals surface area contributed by atoms with Gasteiger partial charge in [-0.2, -0.15) is 0 Å². The Balaban J connectivity index is 1.94. The van der Waals surface area contributed by atoms with Crippen LogP contribution in [0.3, 0.4) is 0 Å². The van der Waals surface area contributed by atoms with Crippen molar-refractivity contribution in [3.05, 3.63) is 12.2 Å². The summed E-state index contributed by atoms with van der Waals surface area (Å²) in [6.07, 6.45) is 3.49. The number of aliphatic hydroxyl groups is 1. The molecule has 0 aromatic rings. The van der Waals surface area contributed by atoms with E-state index >= 15 is 0 Å². The summed E-state index contributed by atoms with van der Waals surface area (Å²) in [4.78, 5) is 15.8. The molecule has 5 nitrogen and oxygen atoms in total. The van der Waals surface area contributed by atoms with E-state index in [0.29, 0.717) is 6.42 Å². The van der Waals surface area contributed by atoms with Gasteiger partial charge < -0.3 is 10.5 Å². The van der Waals surface area contributed by atoms with Gasteiger partial charge >= 0.3 is 0 Å². The van der Waals surface area contributed by atoms with E-state index in [0.717, 1.165) is 5.84 Å². The number of carbonyl (C=O) groups is 1. The van der Waals surface area contributed by atoms with Crippen molar-refractivity contribution in [2.24, 2.45) is 16.8 Å². The molecule has 1 fully saturated rings. The summed E-state index contributed by atoms with van der Waals surface area (Å²) >= 11 is 0. The van der Waals surface area contributed by atoms with Gasteiger partial charge in [-0.25, -0.2) is 5.43 Å². The lowest BCUT2D eigenvalue weighted by atomic mass is 9.86. The van der Waals surface area contributed by atoms with Gasteiger partial charge in [0.05, 0.1) is 12.0 Å². The van der Waals surface area contributed by atoms with Crippen LogP contribution in [-0.4, -0.2) is 29.0 Å². The molecule has 2 heterocycles. The molecular weight excluding hydrogens is 182 g/mol. The van der Waals surface area contributed by atoms with E-state index in [1.165, 1.54) is 0 Å². The molecule has 5 heteroatoms. The van der Waals surface area contributed by atoms with E-state index in [1.54, 1.807) is 6.08 Å². The van der Waals surface area contributed by atoms with Gasteiger partial charge in [-0.05, 0) is 12.5 Å². The third-order valence-corrected chi connectivity index (χ3v) is 3.11. The number of carbonyl (C=O) groups excluding carboxylic acids is 1. The fourth-order valence-corrected chi connectivity index (χ4v) is 2.30. The fraction of sp³-hybridized carbons (Fsp3) is 0.556. The van der Waals surface area contributed by atoms with Crippen LogP contribution in [0, 0.1) is 11.8 Å². The van der Waals surface area contributed by atoms with Gasteiger partial charge in [0.25, 0.3) is 0 Å². The maximum atomic E-state index is 11.4. The van der Waals surface area contributed by atoms with E-state index in [9.17, 15) is 9.90 Å². The normalized spacial score (nSPS) is 44.4. The summed E-state index contributed by atoms with van der Waals surface area (Å²) in [6, 6.07) is -0.0200. The van der Waals surface area contributed by atoms with E-state index in [1.807, 2.05) is 6.08 Å². The number of aliphatic hydroxyl groups excluding tert-OH is 1. The van der Waals surface area contributed by atoms with Crippen molar-refractivity contribution >= 4 is 11.6 Å². The van der Waals surface area contributed by atoms with Gasteiger partial charge in [-0.3, -0.25) is 9.79 Å². The molecule has 4 unspecified atom stereocenters. The third-order valence-electron chi connectivity index (χ3n) is 3.11. The molecule has 0 aromatic heterocycles. The molecule has 2 aliphatic heterocycles. The zero-order chi connectivity index (χ0) is 9.71. The first kappa shape index (κ1) is 8.14. The predicted octanol–water partition coefficient (Wildman–Crippen LogP) is -1.05. The van der Waals surface area contributed by atoms with Crippen molar-refractivity contribution in [3.8, 4) is 0 Å². The average Bonchev–Trinajstić information content (AvgIpc) is 2.71. The highest BCUT2D eigenvalue weighted by Crippen LogP contribution is 2.32. The second-order valence-corrected chi connectivity index (χ2v) is 3.93. The number of allylic oxidation sites excluding steroid dienone is 1. The zero-order valence-electron chi connectivity index (χ0n) is 7.47.